The SMILES string of the molecule is CN(C)C(=O)P(C)C. The van der Waals surface area contributed by atoms with Crippen molar-refractivity contribution in [2.24, 2.45) is 0 Å². The summed E-state index contributed by atoms with van der Waals surface area (Å²) in [5.74, 6) is 0. The van der Waals surface area contributed by atoms with E-state index in [0.29, 0.717) is 0 Å². The zero-order valence-electron chi connectivity index (χ0n) is 5.80. The molecule has 0 aromatic heterocycles. The Balaban J connectivity index is 3.65. The van der Waals surface area contributed by atoms with E-state index in [1.807, 2.05) is 13.3 Å². The van der Waals surface area contributed by atoms with Gasteiger partial charge in [0.05, 0.1) is 0 Å². The van der Waals surface area contributed by atoms with Gasteiger partial charge >= 0.3 is 0 Å². The molecule has 0 aliphatic heterocycles. The normalized spacial score (nSPS) is 9.62. The molecule has 3 heteroatoms. The molecule has 1 amide bonds. The van der Waals surface area contributed by atoms with E-state index in [4.69, 9.17) is 0 Å². The predicted octanol–water partition coefficient (Wildman–Crippen LogP) is 1.41. The van der Waals surface area contributed by atoms with Crippen LogP contribution in [0.5, 0.6) is 0 Å². The molecule has 0 atom stereocenters. The van der Waals surface area contributed by atoms with Gasteiger partial charge in [-0.25, -0.2) is 0 Å². The highest BCUT2D eigenvalue weighted by Gasteiger charge is 2.06. The van der Waals surface area contributed by atoms with Crippen LogP contribution in [0.2, 0.25) is 0 Å². The van der Waals surface area contributed by atoms with Crippen LogP contribution in [0.15, 0.2) is 0 Å². The summed E-state index contributed by atoms with van der Waals surface area (Å²) in [6.45, 7) is 3.91. The number of rotatable bonds is 1. The fraction of sp³-hybridized carbons (Fsp3) is 0.800. The third kappa shape index (κ3) is 2.27. The van der Waals surface area contributed by atoms with E-state index >= 15 is 0 Å². The van der Waals surface area contributed by atoms with Crippen molar-refractivity contribution < 1.29 is 4.79 Å². The van der Waals surface area contributed by atoms with Crippen molar-refractivity contribution in [1.29, 1.82) is 0 Å². The van der Waals surface area contributed by atoms with Crippen LogP contribution in [0, 0.1) is 0 Å². The van der Waals surface area contributed by atoms with Crippen LogP contribution in [-0.4, -0.2) is 38.0 Å². The highest BCUT2D eigenvalue weighted by Crippen LogP contribution is 2.27. The lowest BCUT2D eigenvalue weighted by Gasteiger charge is -2.11. The molecule has 0 heterocycles. The van der Waals surface area contributed by atoms with Crippen LogP contribution in [0.25, 0.3) is 0 Å². The minimum absolute atomic E-state index is 0.250. The highest BCUT2D eigenvalue weighted by molar-refractivity contribution is 7.73. The molecular weight excluding hydrogens is 121 g/mol. The van der Waals surface area contributed by atoms with Crippen LogP contribution >= 0.6 is 7.92 Å². The van der Waals surface area contributed by atoms with Gasteiger partial charge in [-0.05, 0) is 21.3 Å². The van der Waals surface area contributed by atoms with Gasteiger partial charge in [-0.2, -0.15) is 0 Å². The van der Waals surface area contributed by atoms with Gasteiger partial charge in [-0.1, -0.05) is 0 Å². The second-order valence-corrected chi connectivity index (χ2v) is 4.24. The van der Waals surface area contributed by atoms with Crippen molar-refractivity contribution in [3.05, 3.63) is 0 Å². The largest absolute Gasteiger partial charge is 0.345 e. The second kappa shape index (κ2) is 3.03. The molecule has 48 valence electrons. The van der Waals surface area contributed by atoms with Gasteiger partial charge in [-0.3, -0.25) is 4.79 Å². The Morgan fingerprint density at radius 1 is 1.38 bits per heavy atom. The summed E-state index contributed by atoms with van der Waals surface area (Å²) in [7, 11) is 3.15. The average Bonchev–Trinajstić information content (AvgIpc) is 1.64. The van der Waals surface area contributed by atoms with Crippen molar-refractivity contribution >= 4 is 13.6 Å². The van der Waals surface area contributed by atoms with E-state index in [2.05, 4.69) is 0 Å². The lowest BCUT2D eigenvalue weighted by atomic mass is 11.0. The molecule has 0 rings (SSSR count). The van der Waals surface area contributed by atoms with E-state index in [0.717, 1.165) is 0 Å². The highest BCUT2D eigenvalue weighted by atomic mass is 31.1. The van der Waals surface area contributed by atoms with Crippen molar-refractivity contribution in [2.45, 2.75) is 0 Å². The molecule has 0 N–H and O–H groups in total. The fourth-order valence-corrected chi connectivity index (χ4v) is 1.20. The molecular formula is C5H12NOP. The Hall–Kier alpha value is -0.100. The minimum atomic E-state index is -0.414. The van der Waals surface area contributed by atoms with Crippen molar-refractivity contribution in [3.63, 3.8) is 0 Å². The van der Waals surface area contributed by atoms with Gasteiger partial charge in [-0.15, -0.1) is 0 Å². The topological polar surface area (TPSA) is 20.3 Å². The first kappa shape index (κ1) is 7.90. The maximum atomic E-state index is 10.8. The second-order valence-electron chi connectivity index (χ2n) is 2.07. The Morgan fingerprint density at radius 2 is 1.75 bits per heavy atom. The fourth-order valence-electron chi connectivity index (χ4n) is 0.400. The molecule has 0 fully saturated rings. The molecule has 2 nitrogen and oxygen atoms in total. The number of amides is 1. The number of carbonyl (C=O) groups excluding carboxylic acids is 1. The number of carbonyl (C=O) groups is 1. The van der Waals surface area contributed by atoms with Crippen LogP contribution in [0.4, 0.5) is 4.79 Å². The summed E-state index contributed by atoms with van der Waals surface area (Å²) in [5.41, 5.74) is 0.250. The van der Waals surface area contributed by atoms with Crippen molar-refractivity contribution in [2.75, 3.05) is 27.4 Å². The lowest BCUT2D eigenvalue weighted by Crippen LogP contribution is -2.17. The number of hydrogen-bond acceptors (Lipinski definition) is 1. The maximum absolute atomic E-state index is 10.8. The Bertz CT molecular complexity index is 80.4. The molecule has 0 aromatic carbocycles. The molecule has 0 spiro atoms. The van der Waals surface area contributed by atoms with Crippen LogP contribution < -0.4 is 0 Å². The van der Waals surface area contributed by atoms with E-state index < -0.39 is 7.92 Å². The molecule has 0 saturated heterocycles. The standard InChI is InChI=1S/C5H12NOP/c1-6(2)5(7)8(3)4/h1-4H3. The van der Waals surface area contributed by atoms with Gasteiger partial charge in [0.15, 0.2) is 0 Å². The zero-order chi connectivity index (χ0) is 6.73. The predicted molar refractivity (Wildman–Crippen MR) is 37.9 cm³/mol. The molecule has 0 bridgehead atoms. The molecule has 8 heavy (non-hydrogen) atoms. The summed E-state index contributed by atoms with van der Waals surface area (Å²) in [6.07, 6.45) is 0. The van der Waals surface area contributed by atoms with E-state index in [9.17, 15) is 4.79 Å². The zero-order valence-corrected chi connectivity index (χ0v) is 6.70. The van der Waals surface area contributed by atoms with Gasteiger partial charge in [0, 0.05) is 14.1 Å². The van der Waals surface area contributed by atoms with E-state index in [-0.39, 0.29) is 5.65 Å². The summed E-state index contributed by atoms with van der Waals surface area (Å²) >= 11 is 0. The van der Waals surface area contributed by atoms with Gasteiger partial charge in [0.2, 0.25) is 5.65 Å². The molecule has 0 aliphatic rings. The quantitative estimate of drug-likeness (QED) is 0.495. The Kier molecular flexibility index (Phi) is 2.99. The Labute approximate surface area is 51.6 Å². The summed E-state index contributed by atoms with van der Waals surface area (Å²) in [5, 5.41) is 0. The van der Waals surface area contributed by atoms with Gasteiger partial charge in [0.25, 0.3) is 0 Å². The Morgan fingerprint density at radius 3 is 1.75 bits per heavy atom. The third-order valence-corrected chi connectivity index (χ3v) is 1.93. The average molecular weight is 133 g/mol. The first-order valence-corrected chi connectivity index (χ1v) is 4.68. The molecule has 0 saturated carbocycles. The summed E-state index contributed by atoms with van der Waals surface area (Å²) in [4.78, 5) is 12.4. The van der Waals surface area contributed by atoms with Crippen molar-refractivity contribution in [1.82, 2.24) is 4.90 Å². The molecule has 0 radical (unpaired) electrons. The minimum Gasteiger partial charge on any atom is -0.345 e. The monoisotopic (exact) mass is 133 g/mol. The molecule has 0 aliphatic carbocycles. The van der Waals surface area contributed by atoms with E-state index in [1.54, 1.807) is 19.0 Å². The number of hydrogen-bond donors (Lipinski definition) is 0. The van der Waals surface area contributed by atoms with Crippen molar-refractivity contribution in [3.8, 4) is 0 Å². The molecule has 0 unspecified atom stereocenters. The smallest absolute Gasteiger partial charge is 0.242 e. The van der Waals surface area contributed by atoms with Crippen LogP contribution in [0.1, 0.15) is 0 Å². The maximum Gasteiger partial charge on any atom is 0.242 e. The first-order chi connectivity index (χ1) is 3.55. The van der Waals surface area contributed by atoms with E-state index in [1.165, 1.54) is 0 Å². The summed E-state index contributed by atoms with van der Waals surface area (Å²) in [6, 6.07) is 0. The number of nitrogens with zero attached hydrogens (tertiary/aromatic N) is 1. The van der Waals surface area contributed by atoms with Crippen LogP contribution in [-0.2, 0) is 0 Å². The summed E-state index contributed by atoms with van der Waals surface area (Å²) < 4.78 is 0. The van der Waals surface area contributed by atoms with Gasteiger partial charge < -0.3 is 4.90 Å². The first-order valence-electron chi connectivity index (χ1n) is 2.44. The molecule has 0 aromatic rings. The third-order valence-electron chi connectivity index (χ3n) is 0.765. The lowest BCUT2D eigenvalue weighted by molar-refractivity contribution is 0.240. The van der Waals surface area contributed by atoms with Crippen LogP contribution in [0.3, 0.4) is 0 Å². The van der Waals surface area contributed by atoms with Gasteiger partial charge in [0.1, 0.15) is 0 Å².